The van der Waals surface area contributed by atoms with Gasteiger partial charge in [-0.15, -0.1) is 11.3 Å². The van der Waals surface area contributed by atoms with Gasteiger partial charge in [0.1, 0.15) is 5.75 Å². The molecule has 2 amide bonds. The molecule has 2 aliphatic rings. The minimum absolute atomic E-state index is 0.0713. The van der Waals surface area contributed by atoms with Gasteiger partial charge in [0.2, 0.25) is 5.91 Å². The second-order valence-electron chi connectivity index (χ2n) is 7.34. The van der Waals surface area contributed by atoms with E-state index < -0.39 is 0 Å². The molecule has 9 heteroatoms. The number of amides is 2. The molecule has 0 bridgehead atoms. The molecule has 1 N–H and O–H groups in total. The first-order valence-corrected chi connectivity index (χ1v) is 12.3. The van der Waals surface area contributed by atoms with Gasteiger partial charge in [-0.05, 0) is 47.9 Å². The van der Waals surface area contributed by atoms with Crippen LogP contribution in [0.15, 0.2) is 71.0 Å². The Labute approximate surface area is 203 Å². The van der Waals surface area contributed by atoms with Crippen molar-refractivity contribution in [3.63, 3.8) is 0 Å². The van der Waals surface area contributed by atoms with Crippen molar-refractivity contribution in [3.8, 4) is 5.75 Å². The van der Waals surface area contributed by atoms with Gasteiger partial charge in [0.25, 0.3) is 5.91 Å². The van der Waals surface area contributed by atoms with E-state index in [0.29, 0.717) is 27.8 Å². The third-order valence-electron chi connectivity index (χ3n) is 5.29. The Morgan fingerprint density at radius 2 is 2.03 bits per heavy atom. The second kappa shape index (κ2) is 9.05. The fourth-order valence-electron chi connectivity index (χ4n) is 3.71. The van der Waals surface area contributed by atoms with Crippen molar-refractivity contribution in [1.29, 1.82) is 0 Å². The summed E-state index contributed by atoms with van der Waals surface area (Å²) in [5.74, 6) is 0.611. The van der Waals surface area contributed by atoms with Crippen molar-refractivity contribution in [3.05, 3.63) is 87.1 Å². The maximum absolute atomic E-state index is 12.7. The van der Waals surface area contributed by atoms with Crippen LogP contribution in [-0.4, -0.2) is 34.7 Å². The number of methoxy groups -OCH3 is 1. The van der Waals surface area contributed by atoms with Gasteiger partial charge < -0.3 is 10.1 Å². The summed E-state index contributed by atoms with van der Waals surface area (Å²) in [6, 6.07) is 16.2. The lowest BCUT2D eigenvalue weighted by atomic mass is 10.1. The molecule has 2 aliphatic heterocycles. The van der Waals surface area contributed by atoms with E-state index in [9.17, 15) is 9.59 Å². The Hall–Kier alpha value is -3.07. The van der Waals surface area contributed by atoms with Crippen LogP contribution in [0.25, 0.3) is 5.70 Å². The van der Waals surface area contributed by atoms with Crippen molar-refractivity contribution in [2.45, 2.75) is 6.04 Å². The van der Waals surface area contributed by atoms with Gasteiger partial charge in [0.05, 0.1) is 30.2 Å². The molecule has 2 aromatic carbocycles. The van der Waals surface area contributed by atoms with Gasteiger partial charge in [-0.3, -0.25) is 14.5 Å². The van der Waals surface area contributed by atoms with Crippen molar-refractivity contribution >= 4 is 63.1 Å². The standard InChI is InChI=1S/C24H18ClN3O3S2/c1-31-20-9-6-15(25)11-17(20)23(30)26-16-7-4-14(5-8-16)18-12-19(21-3-2-10-32-21)28-22(29)13-33-24(28)27-18/h2-12,19H,13H2,1H3,(H,26,30). The second-order valence-corrected chi connectivity index (χ2v) is 9.69. The number of hydrogen-bond acceptors (Lipinski definition) is 6. The third-order valence-corrected chi connectivity index (χ3v) is 7.40. The van der Waals surface area contributed by atoms with Gasteiger partial charge in [-0.2, -0.15) is 0 Å². The first-order chi connectivity index (χ1) is 16.0. The zero-order chi connectivity index (χ0) is 22.9. The van der Waals surface area contributed by atoms with Gasteiger partial charge in [0.15, 0.2) is 5.17 Å². The lowest BCUT2D eigenvalue weighted by Gasteiger charge is -2.28. The van der Waals surface area contributed by atoms with E-state index >= 15 is 0 Å². The van der Waals surface area contributed by atoms with Crippen LogP contribution < -0.4 is 10.1 Å². The highest BCUT2D eigenvalue weighted by Gasteiger charge is 2.37. The Bertz CT molecular complexity index is 1290. The molecule has 3 aromatic rings. The number of halogens is 1. The Kier molecular flexibility index (Phi) is 5.97. The number of fused-ring (bicyclic) bond motifs is 1. The van der Waals surface area contributed by atoms with Crippen LogP contribution in [0.4, 0.5) is 5.69 Å². The number of amidine groups is 1. The summed E-state index contributed by atoms with van der Waals surface area (Å²) in [5.41, 5.74) is 2.70. The van der Waals surface area contributed by atoms with Gasteiger partial charge in [0, 0.05) is 21.2 Å². The van der Waals surface area contributed by atoms with E-state index in [1.807, 2.05) is 47.9 Å². The smallest absolute Gasteiger partial charge is 0.259 e. The molecule has 1 fully saturated rings. The SMILES string of the molecule is COc1ccc(Cl)cc1C(=O)Nc1ccc(C2=CC(c3cccs3)N3C(=O)CSC3=N2)cc1. The van der Waals surface area contributed by atoms with E-state index in [4.69, 9.17) is 21.3 Å². The van der Waals surface area contributed by atoms with E-state index in [1.165, 1.54) is 18.9 Å². The number of nitrogens with one attached hydrogen (secondary N) is 1. The first-order valence-electron chi connectivity index (χ1n) is 10.1. The normalized spacial score (nSPS) is 17.3. The number of nitrogens with zero attached hydrogens (tertiary/aromatic N) is 2. The number of thioether (sulfide) groups is 1. The van der Waals surface area contributed by atoms with Crippen molar-refractivity contribution in [1.82, 2.24) is 4.90 Å². The number of anilines is 1. The van der Waals surface area contributed by atoms with Crippen LogP contribution in [0, 0.1) is 0 Å². The molecule has 0 saturated carbocycles. The summed E-state index contributed by atoms with van der Waals surface area (Å²) in [5, 5.41) is 6.06. The van der Waals surface area contributed by atoms with E-state index in [-0.39, 0.29) is 17.9 Å². The molecule has 3 heterocycles. The molecule has 0 spiro atoms. The predicted octanol–water partition coefficient (Wildman–Crippen LogP) is 5.69. The van der Waals surface area contributed by atoms with Crippen molar-refractivity contribution in [2.24, 2.45) is 4.99 Å². The lowest BCUT2D eigenvalue weighted by molar-refractivity contribution is -0.125. The van der Waals surface area contributed by atoms with Crippen molar-refractivity contribution < 1.29 is 14.3 Å². The highest BCUT2D eigenvalue weighted by atomic mass is 35.5. The van der Waals surface area contributed by atoms with E-state index in [0.717, 1.165) is 21.3 Å². The molecular weight excluding hydrogens is 478 g/mol. The Balaban J connectivity index is 1.39. The zero-order valence-corrected chi connectivity index (χ0v) is 19.8. The zero-order valence-electron chi connectivity index (χ0n) is 17.4. The van der Waals surface area contributed by atoms with Crippen LogP contribution in [0.2, 0.25) is 5.02 Å². The van der Waals surface area contributed by atoms with Gasteiger partial charge >= 0.3 is 0 Å². The van der Waals surface area contributed by atoms with Crippen LogP contribution in [0.5, 0.6) is 5.75 Å². The molecule has 5 rings (SSSR count). The number of ether oxygens (including phenoxy) is 1. The number of thiophene rings is 1. The number of carbonyl (C=O) groups excluding carboxylic acids is 2. The molecule has 6 nitrogen and oxygen atoms in total. The summed E-state index contributed by atoms with van der Waals surface area (Å²) in [6.07, 6.45) is 2.02. The molecule has 1 saturated heterocycles. The fourth-order valence-corrected chi connectivity index (χ4v) is 5.57. The van der Waals surface area contributed by atoms with Crippen LogP contribution in [-0.2, 0) is 4.79 Å². The topological polar surface area (TPSA) is 71.0 Å². The molecule has 166 valence electrons. The summed E-state index contributed by atoms with van der Waals surface area (Å²) < 4.78 is 5.27. The highest BCUT2D eigenvalue weighted by Crippen LogP contribution is 2.40. The largest absolute Gasteiger partial charge is 0.496 e. The van der Waals surface area contributed by atoms with Crippen LogP contribution in [0.3, 0.4) is 0 Å². The molecule has 1 atom stereocenters. The molecule has 1 unspecified atom stereocenters. The minimum atomic E-state index is -0.312. The van der Waals surface area contributed by atoms with Crippen LogP contribution >= 0.6 is 34.7 Å². The quantitative estimate of drug-likeness (QED) is 0.493. The molecular formula is C24H18ClN3O3S2. The average Bonchev–Trinajstić information content (AvgIpc) is 3.49. The Morgan fingerprint density at radius 3 is 2.76 bits per heavy atom. The minimum Gasteiger partial charge on any atom is -0.496 e. The maximum atomic E-state index is 12.7. The van der Waals surface area contributed by atoms with Gasteiger partial charge in [-0.25, -0.2) is 4.99 Å². The lowest BCUT2D eigenvalue weighted by Crippen LogP contribution is -2.34. The van der Waals surface area contributed by atoms with E-state index in [2.05, 4.69) is 5.32 Å². The third kappa shape index (κ3) is 4.29. The number of benzene rings is 2. The monoisotopic (exact) mass is 495 g/mol. The summed E-state index contributed by atoms with van der Waals surface area (Å²) in [7, 11) is 1.51. The summed E-state index contributed by atoms with van der Waals surface area (Å²) >= 11 is 9.12. The highest BCUT2D eigenvalue weighted by molar-refractivity contribution is 8.15. The number of rotatable bonds is 5. The number of hydrogen-bond donors (Lipinski definition) is 1. The summed E-state index contributed by atoms with van der Waals surface area (Å²) in [4.78, 5) is 32.8. The predicted molar refractivity (Wildman–Crippen MR) is 134 cm³/mol. The fraction of sp³-hybridized carbons (Fsp3) is 0.125. The first kappa shape index (κ1) is 21.8. The summed E-state index contributed by atoms with van der Waals surface area (Å²) in [6.45, 7) is 0. The van der Waals surface area contributed by atoms with E-state index in [1.54, 1.807) is 34.4 Å². The van der Waals surface area contributed by atoms with Crippen LogP contribution in [0.1, 0.15) is 26.8 Å². The molecule has 0 radical (unpaired) electrons. The Morgan fingerprint density at radius 1 is 1.21 bits per heavy atom. The maximum Gasteiger partial charge on any atom is 0.259 e. The molecule has 33 heavy (non-hydrogen) atoms. The van der Waals surface area contributed by atoms with Gasteiger partial charge in [-0.1, -0.05) is 41.6 Å². The van der Waals surface area contributed by atoms with Crippen molar-refractivity contribution in [2.75, 3.05) is 18.2 Å². The molecule has 1 aromatic heterocycles. The number of carbonyl (C=O) groups is 2. The number of aliphatic imine (C=N–C) groups is 1. The average molecular weight is 496 g/mol. The molecule has 0 aliphatic carbocycles.